The van der Waals surface area contributed by atoms with Crippen molar-refractivity contribution in [3.8, 4) is 5.75 Å². The second-order valence-corrected chi connectivity index (χ2v) is 7.58. The van der Waals surface area contributed by atoms with Gasteiger partial charge in [0.2, 0.25) is 0 Å². The van der Waals surface area contributed by atoms with Gasteiger partial charge >= 0.3 is 0 Å². The second kappa shape index (κ2) is 9.53. The van der Waals surface area contributed by atoms with Gasteiger partial charge in [0.25, 0.3) is 23.6 Å². The molecule has 1 aliphatic rings. The third-order valence-corrected chi connectivity index (χ3v) is 5.22. The average Bonchev–Trinajstić information content (AvgIpc) is 3.09. The lowest BCUT2D eigenvalue weighted by Crippen LogP contribution is -2.47. The Morgan fingerprint density at radius 2 is 1.56 bits per heavy atom. The molecular formula is C25H20FN3O5. The van der Waals surface area contributed by atoms with Crippen LogP contribution in [0.2, 0.25) is 0 Å². The summed E-state index contributed by atoms with van der Waals surface area (Å²) in [5, 5.41) is 0. The number of amides is 4. The Balaban J connectivity index is 1.36. The van der Waals surface area contributed by atoms with Crippen molar-refractivity contribution in [1.82, 2.24) is 15.8 Å². The number of carbonyl (C=O) groups excluding carboxylic acids is 4. The maximum atomic E-state index is 13.7. The highest BCUT2D eigenvalue weighted by molar-refractivity contribution is 6.21. The number of nitrogens with zero attached hydrogens (tertiary/aromatic N) is 1. The van der Waals surface area contributed by atoms with E-state index in [9.17, 15) is 23.6 Å². The minimum Gasteiger partial charge on any atom is -0.478 e. The number of halogens is 1. The molecule has 1 aliphatic heterocycles. The van der Waals surface area contributed by atoms with Crippen LogP contribution in [-0.4, -0.2) is 34.6 Å². The molecule has 0 aromatic heterocycles. The van der Waals surface area contributed by atoms with Crippen LogP contribution in [0.4, 0.5) is 4.39 Å². The van der Waals surface area contributed by atoms with Crippen LogP contribution in [0.15, 0.2) is 72.8 Å². The molecule has 0 saturated carbocycles. The molecule has 9 heteroatoms. The van der Waals surface area contributed by atoms with Crippen molar-refractivity contribution in [3.05, 3.63) is 101 Å². The summed E-state index contributed by atoms with van der Waals surface area (Å²) in [5.74, 6) is -2.79. The molecule has 172 valence electrons. The maximum Gasteiger partial charge on any atom is 0.279 e. The van der Waals surface area contributed by atoms with E-state index in [1.54, 1.807) is 42.5 Å². The number of hydrogen-bond acceptors (Lipinski definition) is 5. The van der Waals surface area contributed by atoms with E-state index in [0.29, 0.717) is 16.7 Å². The van der Waals surface area contributed by atoms with Crippen LogP contribution in [0, 0.1) is 5.82 Å². The number of hydrogen-bond donors (Lipinski definition) is 2. The third kappa shape index (κ3) is 4.63. The molecule has 2 N–H and O–H groups in total. The minimum atomic E-state index is -1.07. The molecule has 1 unspecified atom stereocenters. The molecular weight excluding hydrogens is 441 g/mol. The summed E-state index contributed by atoms with van der Waals surface area (Å²) in [6.45, 7) is 1.41. The zero-order chi connectivity index (χ0) is 24.2. The van der Waals surface area contributed by atoms with Crippen molar-refractivity contribution in [2.24, 2.45) is 0 Å². The molecule has 1 heterocycles. The second-order valence-electron chi connectivity index (χ2n) is 7.58. The van der Waals surface area contributed by atoms with E-state index in [1.165, 1.54) is 37.3 Å². The molecule has 0 spiro atoms. The van der Waals surface area contributed by atoms with Gasteiger partial charge in [-0.1, -0.05) is 36.4 Å². The van der Waals surface area contributed by atoms with Gasteiger partial charge in [-0.05, 0) is 48.9 Å². The fraction of sp³-hybridized carbons (Fsp3) is 0.120. The summed E-state index contributed by atoms with van der Waals surface area (Å²) in [7, 11) is 0. The number of rotatable bonds is 6. The van der Waals surface area contributed by atoms with E-state index in [-0.39, 0.29) is 17.9 Å². The lowest BCUT2D eigenvalue weighted by molar-refractivity contribution is -0.128. The Labute approximate surface area is 194 Å². The van der Waals surface area contributed by atoms with Crippen LogP contribution in [0.3, 0.4) is 0 Å². The molecule has 0 saturated heterocycles. The van der Waals surface area contributed by atoms with Crippen LogP contribution >= 0.6 is 0 Å². The third-order valence-electron chi connectivity index (χ3n) is 5.22. The maximum absolute atomic E-state index is 13.7. The van der Waals surface area contributed by atoms with Gasteiger partial charge in [-0.25, -0.2) is 4.39 Å². The van der Waals surface area contributed by atoms with Crippen LogP contribution < -0.4 is 15.6 Å². The van der Waals surface area contributed by atoms with Gasteiger partial charge in [0.1, 0.15) is 0 Å². The van der Waals surface area contributed by atoms with Crippen LogP contribution in [-0.2, 0) is 11.3 Å². The summed E-state index contributed by atoms with van der Waals surface area (Å²) in [6.07, 6.45) is -1.07. The van der Waals surface area contributed by atoms with Gasteiger partial charge in [0.15, 0.2) is 17.7 Å². The van der Waals surface area contributed by atoms with Crippen LogP contribution in [0.1, 0.15) is 43.6 Å². The van der Waals surface area contributed by atoms with Crippen molar-refractivity contribution in [1.29, 1.82) is 0 Å². The van der Waals surface area contributed by atoms with Crippen LogP contribution in [0.5, 0.6) is 5.75 Å². The summed E-state index contributed by atoms with van der Waals surface area (Å²) in [4.78, 5) is 51.0. The number of benzene rings is 3. The molecule has 1 atom stereocenters. The summed E-state index contributed by atoms with van der Waals surface area (Å²) in [5.41, 5.74) is 5.96. The van der Waals surface area contributed by atoms with Crippen molar-refractivity contribution in [2.45, 2.75) is 19.6 Å². The molecule has 3 aromatic rings. The molecule has 4 rings (SSSR count). The summed E-state index contributed by atoms with van der Waals surface area (Å²) < 4.78 is 19.0. The summed E-state index contributed by atoms with van der Waals surface area (Å²) >= 11 is 0. The molecule has 34 heavy (non-hydrogen) atoms. The highest BCUT2D eigenvalue weighted by Crippen LogP contribution is 2.24. The largest absolute Gasteiger partial charge is 0.478 e. The number of hydrazine groups is 1. The molecule has 0 aliphatic carbocycles. The van der Waals surface area contributed by atoms with Crippen LogP contribution in [0.25, 0.3) is 0 Å². The van der Waals surface area contributed by atoms with Crippen molar-refractivity contribution < 1.29 is 28.3 Å². The predicted molar refractivity (Wildman–Crippen MR) is 119 cm³/mol. The highest BCUT2D eigenvalue weighted by Gasteiger charge is 2.35. The molecule has 3 aromatic carbocycles. The van der Waals surface area contributed by atoms with Gasteiger partial charge in [-0.15, -0.1) is 0 Å². The zero-order valence-electron chi connectivity index (χ0n) is 18.1. The first kappa shape index (κ1) is 22.7. The van der Waals surface area contributed by atoms with E-state index in [0.717, 1.165) is 4.90 Å². The van der Waals surface area contributed by atoms with E-state index >= 15 is 0 Å². The quantitative estimate of drug-likeness (QED) is 0.434. The minimum absolute atomic E-state index is 0.00661. The normalized spacial score (nSPS) is 13.3. The number of imide groups is 1. The summed E-state index contributed by atoms with van der Waals surface area (Å²) in [6, 6.07) is 18.6. The molecule has 4 amide bonds. The Hall–Kier alpha value is -4.53. The first-order valence-corrected chi connectivity index (χ1v) is 10.4. The van der Waals surface area contributed by atoms with Gasteiger partial charge in [-0.2, -0.15) is 0 Å². The van der Waals surface area contributed by atoms with Gasteiger partial charge in [0.05, 0.1) is 17.7 Å². The van der Waals surface area contributed by atoms with Gasteiger partial charge in [-0.3, -0.25) is 34.9 Å². The zero-order valence-corrected chi connectivity index (χ0v) is 18.1. The number of carbonyl (C=O) groups is 4. The predicted octanol–water partition coefficient (Wildman–Crippen LogP) is 2.85. The van der Waals surface area contributed by atoms with E-state index < -0.39 is 35.5 Å². The first-order chi connectivity index (χ1) is 16.3. The molecule has 8 nitrogen and oxygen atoms in total. The lowest BCUT2D eigenvalue weighted by Gasteiger charge is -2.16. The molecule has 0 bridgehead atoms. The Morgan fingerprint density at radius 1 is 0.912 bits per heavy atom. The van der Waals surface area contributed by atoms with Crippen molar-refractivity contribution in [3.63, 3.8) is 0 Å². The Bertz CT molecular complexity index is 1260. The van der Waals surface area contributed by atoms with Gasteiger partial charge in [0, 0.05) is 5.56 Å². The average molecular weight is 461 g/mol. The van der Waals surface area contributed by atoms with Crippen molar-refractivity contribution >= 4 is 23.6 Å². The highest BCUT2D eigenvalue weighted by atomic mass is 19.1. The standard InChI is InChI=1S/C25H20FN3O5/c1-15(34-21-12-5-4-11-20(21)26)22(30)27-28-23(31)17-8-6-7-16(13-17)14-29-24(32)18-9-2-3-10-19(18)25(29)33/h2-13,15H,14H2,1H3,(H,27,30)(H,28,31). The first-order valence-electron chi connectivity index (χ1n) is 10.4. The van der Waals surface area contributed by atoms with E-state index in [2.05, 4.69) is 10.9 Å². The SMILES string of the molecule is CC(Oc1ccccc1F)C(=O)NNC(=O)c1cccc(CN2C(=O)c3ccccc3C2=O)c1. The fourth-order valence-electron chi connectivity index (χ4n) is 3.45. The Kier molecular flexibility index (Phi) is 6.35. The van der Waals surface area contributed by atoms with E-state index in [1.807, 2.05) is 0 Å². The lowest BCUT2D eigenvalue weighted by atomic mass is 10.1. The van der Waals surface area contributed by atoms with E-state index in [4.69, 9.17) is 4.74 Å². The number of ether oxygens (including phenoxy) is 1. The fourth-order valence-corrected chi connectivity index (χ4v) is 3.45. The van der Waals surface area contributed by atoms with Gasteiger partial charge < -0.3 is 4.74 Å². The molecule has 0 radical (unpaired) electrons. The smallest absolute Gasteiger partial charge is 0.279 e. The number of fused-ring (bicyclic) bond motifs is 1. The topological polar surface area (TPSA) is 105 Å². The number of nitrogens with one attached hydrogen (secondary N) is 2. The van der Waals surface area contributed by atoms with Crippen molar-refractivity contribution in [2.75, 3.05) is 0 Å². The molecule has 0 fully saturated rings. The number of para-hydroxylation sites is 1. The Morgan fingerprint density at radius 3 is 2.24 bits per heavy atom. The monoisotopic (exact) mass is 461 g/mol.